The molecule has 1 N–H and O–H groups in total. The Morgan fingerprint density at radius 1 is 1.17 bits per heavy atom. The van der Waals surface area contributed by atoms with Crippen molar-refractivity contribution in [1.29, 1.82) is 0 Å². The van der Waals surface area contributed by atoms with Crippen molar-refractivity contribution in [3.05, 3.63) is 66.1 Å². The van der Waals surface area contributed by atoms with Crippen molar-refractivity contribution in [2.24, 2.45) is 0 Å². The molecule has 1 aromatic carbocycles. The number of hydrogen-bond acceptors (Lipinski definition) is 5. The Bertz CT molecular complexity index is 978. The number of anilines is 1. The third kappa shape index (κ3) is 4.23. The average molecular weight is 391 g/mol. The van der Waals surface area contributed by atoms with Gasteiger partial charge in [-0.1, -0.05) is 12.1 Å². The van der Waals surface area contributed by atoms with Gasteiger partial charge >= 0.3 is 0 Å². The largest absolute Gasteiger partial charge is 0.494 e. The fourth-order valence-electron chi connectivity index (χ4n) is 3.61. The lowest BCUT2D eigenvalue weighted by molar-refractivity contribution is 0.0925. The van der Waals surface area contributed by atoms with E-state index in [4.69, 9.17) is 4.74 Å². The second kappa shape index (κ2) is 8.34. The predicted octanol–water partition coefficient (Wildman–Crippen LogP) is 2.98. The molecule has 150 valence electrons. The minimum absolute atomic E-state index is 0.140. The third-order valence-corrected chi connectivity index (χ3v) is 5.21. The molecular weight excluding hydrogens is 366 g/mol. The summed E-state index contributed by atoms with van der Waals surface area (Å²) in [6.45, 7) is 3.76. The van der Waals surface area contributed by atoms with Gasteiger partial charge in [-0.25, -0.2) is 9.67 Å². The maximum atomic E-state index is 12.7. The zero-order valence-electron chi connectivity index (χ0n) is 16.7. The van der Waals surface area contributed by atoms with Crippen LogP contribution in [0.4, 0.5) is 5.82 Å². The van der Waals surface area contributed by atoms with Gasteiger partial charge in [0, 0.05) is 31.5 Å². The number of benzene rings is 1. The summed E-state index contributed by atoms with van der Waals surface area (Å²) in [5.74, 6) is 1.56. The van der Waals surface area contributed by atoms with E-state index in [0.717, 1.165) is 43.0 Å². The first-order valence-electron chi connectivity index (χ1n) is 9.81. The van der Waals surface area contributed by atoms with Crippen LogP contribution in [0, 0.1) is 6.92 Å². The van der Waals surface area contributed by atoms with E-state index >= 15 is 0 Å². The summed E-state index contributed by atoms with van der Waals surface area (Å²) >= 11 is 0. The van der Waals surface area contributed by atoms with Gasteiger partial charge in [-0.2, -0.15) is 5.10 Å². The monoisotopic (exact) mass is 391 g/mol. The molecule has 1 fully saturated rings. The normalized spacial score (nSPS) is 14.6. The number of aryl methyl sites for hydroxylation is 1. The van der Waals surface area contributed by atoms with Crippen molar-refractivity contribution >= 4 is 11.7 Å². The maximum absolute atomic E-state index is 12.7. The van der Waals surface area contributed by atoms with Crippen LogP contribution in [-0.2, 0) is 0 Å². The number of nitrogens with zero attached hydrogens (tertiary/aromatic N) is 4. The molecule has 3 heterocycles. The van der Waals surface area contributed by atoms with Crippen LogP contribution >= 0.6 is 0 Å². The lowest BCUT2D eigenvalue weighted by Gasteiger charge is -2.33. The quantitative estimate of drug-likeness (QED) is 0.724. The molecule has 0 aliphatic carbocycles. The van der Waals surface area contributed by atoms with Crippen molar-refractivity contribution in [1.82, 2.24) is 20.1 Å². The Kier molecular flexibility index (Phi) is 5.46. The van der Waals surface area contributed by atoms with Crippen LogP contribution in [0.5, 0.6) is 5.75 Å². The minimum atomic E-state index is -0.147. The molecule has 0 bridgehead atoms. The van der Waals surface area contributed by atoms with Gasteiger partial charge in [-0.3, -0.25) is 4.79 Å². The van der Waals surface area contributed by atoms with Crippen LogP contribution in [-0.4, -0.2) is 46.9 Å². The predicted molar refractivity (Wildman–Crippen MR) is 112 cm³/mol. The number of hydrogen-bond donors (Lipinski definition) is 1. The number of aromatic nitrogens is 3. The van der Waals surface area contributed by atoms with Crippen LogP contribution in [0.3, 0.4) is 0 Å². The Morgan fingerprint density at radius 2 is 2.00 bits per heavy atom. The molecule has 1 aliphatic heterocycles. The standard InChI is InChI=1S/C22H25N5O2/c1-16-6-7-20(29-2)19(15-16)27-14-10-18(25-27)22(28)24-17-8-12-26(13-9-17)21-5-3-4-11-23-21/h3-7,10-11,14-15,17H,8-9,12-13H2,1-2H3,(H,24,28). The van der Waals surface area contributed by atoms with Gasteiger partial charge in [0.15, 0.2) is 5.69 Å². The third-order valence-electron chi connectivity index (χ3n) is 5.21. The smallest absolute Gasteiger partial charge is 0.272 e. The van der Waals surface area contributed by atoms with E-state index in [1.807, 2.05) is 49.5 Å². The topological polar surface area (TPSA) is 72.3 Å². The van der Waals surface area contributed by atoms with E-state index in [0.29, 0.717) is 11.4 Å². The number of methoxy groups -OCH3 is 1. The van der Waals surface area contributed by atoms with Crippen molar-refractivity contribution in [2.45, 2.75) is 25.8 Å². The first kappa shape index (κ1) is 19.0. The summed E-state index contributed by atoms with van der Waals surface area (Å²) in [7, 11) is 1.63. The number of pyridine rings is 1. The van der Waals surface area contributed by atoms with Gasteiger partial charge in [0.05, 0.1) is 7.11 Å². The highest BCUT2D eigenvalue weighted by atomic mass is 16.5. The molecule has 0 unspecified atom stereocenters. The van der Waals surface area contributed by atoms with E-state index in [-0.39, 0.29) is 11.9 Å². The number of carbonyl (C=O) groups is 1. The second-order valence-electron chi connectivity index (χ2n) is 7.24. The van der Waals surface area contributed by atoms with Crippen LogP contribution in [0.2, 0.25) is 0 Å². The number of piperidine rings is 1. The highest BCUT2D eigenvalue weighted by molar-refractivity contribution is 5.92. The zero-order chi connectivity index (χ0) is 20.2. The molecule has 2 aromatic heterocycles. The van der Waals surface area contributed by atoms with E-state index in [9.17, 15) is 4.79 Å². The molecule has 0 saturated carbocycles. The molecule has 1 aliphatic rings. The van der Waals surface area contributed by atoms with Crippen molar-refractivity contribution < 1.29 is 9.53 Å². The fourth-order valence-corrected chi connectivity index (χ4v) is 3.61. The molecule has 0 radical (unpaired) electrons. The highest BCUT2D eigenvalue weighted by Crippen LogP contribution is 2.23. The molecule has 7 heteroatoms. The SMILES string of the molecule is COc1ccc(C)cc1-n1ccc(C(=O)NC2CCN(c3ccccn3)CC2)n1. The summed E-state index contributed by atoms with van der Waals surface area (Å²) in [4.78, 5) is 19.3. The number of carbonyl (C=O) groups excluding carboxylic acids is 1. The van der Waals surface area contributed by atoms with Gasteiger partial charge in [0.1, 0.15) is 17.3 Å². The first-order valence-corrected chi connectivity index (χ1v) is 9.81. The maximum Gasteiger partial charge on any atom is 0.272 e. The van der Waals surface area contributed by atoms with Gasteiger partial charge < -0.3 is 15.0 Å². The van der Waals surface area contributed by atoms with Crippen molar-refractivity contribution in [3.8, 4) is 11.4 Å². The molecule has 0 spiro atoms. The zero-order valence-corrected chi connectivity index (χ0v) is 16.7. The van der Waals surface area contributed by atoms with E-state index < -0.39 is 0 Å². The van der Waals surface area contributed by atoms with Crippen LogP contribution in [0.25, 0.3) is 5.69 Å². The van der Waals surface area contributed by atoms with Gasteiger partial charge in [0.2, 0.25) is 0 Å². The number of rotatable bonds is 5. The number of nitrogens with one attached hydrogen (secondary N) is 1. The molecule has 4 rings (SSSR count). The molecule has 29 heavy (non-hydrogen) atoms. The van der Waals surface area contributed by atoms with Crippen LogP contribution in [0.1, 0.15) is 28.9 Å². The molecular formula is C22H25N5O2. The summed E-state index contributed by atoms with van der Waals surface area (Å²) in [5, 5.41) is 7.58. The van der Waals surface area contributed by atoms with Crippen LogP contribution < -0.4 is 15.0 Å². The van der Waals surface area contributed by atoms with Crippen molar-refractivity contribution in [3.63, 3.8) is 0 Å². The molecule has 3 aromatic rings. The Hall–Kier alpha value is -3.35. The Balaban J connectivity index is 1.39. The summed E-state index contributed by atoms with van der Waals surface area (Å²) in [6.07, 6.45) is 5.36. The van der Waals surface area contributed by atoms with E-state index in [1.165, 1.54) is 0 Å². The Labute approximate surface area is 170 Å². The van der Waals surface area contributed by atoms with Crippen LogP contribution in [0.15, 0.2) is 54.9 Å². The second-order valence-corrected chi connectivity index (χ2v) is 7.24. The van der Waals surface area contributed by atoms with Gasteiger partial charge in [-0.05, 0) is 55.7 Å². The first-order chi connectivity index (χ1) is 14.1. The Morgan fingerprint density at radius 3 is 2.72 bits per heavy atom. The van der Waals surface area contributed by atoms with Gasteiger partial charge in [0.25, 0.3) is 5.91 Å². The molecule has 1 amide bonds. The van der Waals surface area contributed by atoms with E-state index in [1.54, 1.807) is 24.1 Å². The lowest BCUT2D eigenvalue weighted by Crippen LogP contribution is -2.45. The minimum Gasteiger partial charge on any atom is -0.494 e. The molecule has 0 atom stereocenters. The van der Waals surface area contributed by atoms with Crippen molar-refractivity contribution in [2.75, 3.05) is 25.1 Å². The molecule has 1 saturated heterocycles. The number of ether oxygens (including phenoxy) is 1. The summed E-state index contributed by atoms with van der Waals surface area (Å²) in [6, 6.07) is 13.7. The number of amides is 1. The highest BCUT2D eigenvalue weighted by Gasteiger charge is 2.23. The van der Waals surface area contributed by atoms with E-state index in [2.05, 4.69) is 20.3 Å². The average Bonchev–Trinajstić information content (AvgIpc) is 3.25. The molecule has 7 nitrogen and oxygen atoms in total. The summed E-state index contributed by atoms with van der Waals surface area (Å²) in [5.41, 5.74) is 2.32. The van der Waals surface area contributed by atoms with Gasteiger partial charge in [-0.15, -0.1) is 0 Å². The summed E-state index contributed by atoms with van der Waals surface area (Å²) < 4.78 is 7.11. The lowest BCUT2D eigenvalue weighted by atomic mass is 10.0. The fraction of sp³-hybridized carbons (Fsp3) is 0.318.